The van der Waals surface area contributed by atoms with Crippen molar-refractivity contribution in [3.63, 3.8) is 0 Å². The number of benzene rings is 2. The highest BCUT2D eigenvalue weighted by Crippen LogP contribution is 2.33. The highest BCUT2D eigenvalue weighted by Gasteiger charge is 2.14. The van der Waals surface area contributed by atoms with Crippen LogP contribution in [0.3, 0.4) is 0 Å². The van der Waals surface area contributed by atoms with E-state index in [1.54, 1.807) is 0 Å². The van der Waals surface area contributed by atoms with E-state index in [9.17, 15) is 0 Å². The summed E-state index contributed by atoms with van der Waals surface area (Å²) in [4.78, 5) is 0. The lowest BCUT2D eigenvalue weighted by molar-refractivity contribution is 0.733. The van der Waals surface area contributed by atoms with Crippen LogP contribution in [-0.4, -0.2) is 0 Å². The second-order valence-electron chi connectivity index (χ2n) is 5.34. The maximum absolute atomic E-state index is 6.64. The zero-order chi connectivity index (χ0) is 14.7. The van der Waals surface area contributed by atoms with Gasteiger partial charge in [0.1, 0.15) is 0 Å². The third kappa shape index (κ3) is 3.45. The number of rotatable bonds is 4. The molecule has 0 aliphatic heterocycles. The molecule has 2 unspecified atom stereocenters. The van der Waals surface area contributed by atoms with Crippen LogP contribution in [0.5, 0.6) is 0 Å². The average molecular weight is 352 g/mol. The second kappa shape index (κ2) is 6.78. The van der Waals surface area contributed by atoms with Crippen molar-refractivity contribution in [1.29, 1.82) is 0 Å². The van der Waals surface area contributed by atoms with E-state index in [-0.39, 0.29) is 5.38 Å². The molecular weight excluding hydrogens is 332 g/mol. The summed E-state index contributed by atoms with van der Waals surface area (Å²) in [5.74, 6) is 0.604. The predicted octanol–water partition coefficient (Wildman–Crippen LogP) is 6.60. The molecule has 0 fully saturated rings. The number of hydrogen-bond acceptors (Lipinski definition) is 0. The van der Waals surface area contributed by atoms with E-state index >= 15 is 0 Å². The van der Waals surface area contributed by atoms with Gasteiger partial charge in [0, 0.05) is 4.47 Å². The van der Waals surface area contributed by atoms with Crippen molar-refractivity contribution in [1.82, 2.24) is 0 Å². The summed E-state index contributed by atoms with van der Waals surface area (Å²) in [6.07, 6.45) is 1.16. The van der Waals surface area contributed by atoms with Gasteiger partial charge < -0.3 is 0 Å². The second-order valence-corrected chi connectivity index (χ2v) is 6.69. The Balaban J connectivity index is 2.26. The number of hydrogen-bond donors (Lipinski definition) is 0. The zero-order valence-corrected chi connectivity index (χ0v) is 14.5. The van der Waals surface area contributed by atoms with Gasteiger partial charge in [-0.3, -0.25) is 0 Å². The zero-order valence-electron chi connectivity index (χ0n) is 12.2. The molecule has 0 saturated carbocycles. The Hall–Kier alpha value is -0.790. The molecule has 0 spiro atoms. The van der Waals surface area contributed by atoms with Gasteiger partial charge in [0.2, 0.25) is 0 Å². The van der Waals surface area contributed by atoms with Gasteiger partial charge in [-0.2, -0.15) is 0 Å². The SMILES string of the molecule is CCC(C)c1ccc(C(Cl)c2ccc(Br)cc2C)cc1. The molecule has 0 aromatic heterocycles. The Morgan fingerprint density at radius 2 is 1.65 bits per heavy atom. The van der Waals surface area contributed by atoms with Crippen LogP contribution in [0.2, 0.25) is 0 Å². The van der Waals surface area contributed by atoms with Gasteiger partial charge in [0.05, 0.1) is 5.38 Å². The van der Waals surface area contributed by atoms with Crippen molar-refractivity contribution in [2.24, 2.45) is 0 Å². The van der Waals surface area contributed by atoms with Gasteiger partial charge in [-0.05, 0) is 53.6 Å². The van der Waals surface area contributed by atoms with E-state index in [2.05, 4.69) is 73.1 Å². The molecule has 0 amide bonds. The minimum Gasteiger partial charge on any atom is -0.113 e. The Kier molecular flexibility index (Phi) is 5.29. The fourth-order valence-corrected chi connectivity index (χ4v) is 3.20. The fourth-order valence-electron chi connectivity index (χ4n) is 2.33. The molecule has 0 aliphatic carbocycles. The number of aryl methyl sites for hydroxylation is 1. The minimum absolute atomic E-state index is 0.0888. The molecule has 20 heavy (non-hydrogen) atoms. The summed E-state index contributed by atoms with van der Waals surface area (Å²) in [6.45, 7) is 6.57. The van der Waals surface area contributed by atoms with Gasteiger partial charge >= 0.3 is 0 Å². The molecule has 2 aromatic carbocycles. The molecule has 0 radical (unpaired) electrons. The number of alkyl halides is 1. The summed E-state index contributed by atoms with van der Waals surface area (Å²) in [5.41, 5.74) is 4.92. The van der Waals surface area contributed by atoms with Crippen LogP contribution in [0.15, 0.2) is 46.9 Å². The first-order valence-corrected chi connectivity index (χ1v) is 8.25. The lowest BCUT2D eigenvalue weighted by atomic mass is 9.95. The standard InChI is InChI=1S/C18H20BrCl/c1-4-12(2)14-5-7-15(8-6-14)18(20)17-10-9-16(19)11-13(17)3/h5-12,18H,4H2,1-3H3. The molecule has 2 aromatic rings. The first-order valence-electron chi connectivity index (χ1n) is 7.03. The molecule has 2 atom stereocenters. The van der Waals surface area contributed by atoms with Crippen molar-refractivity contribution in [3.8, 4) is 0 Å². The van der Waals surface area contributed by atoms with E-state index < -0.39 is 0 Å². The van der Waals surface area contributed by atoms with Crippen LogP contribution >= 0.6 is 27.5 Å². The lowest BCUT2D eigenvalue weighted by Gasteiger charge is -2.15. The van der Waals surface area contributed by atoms with E-state index in [0.29, 0.717) is 5.92 Å². The predicted molar refractivity (Wildman–Crippen MR) is 91.7 cm³/mol. The first kappa shape index (κ1) is 15.6. The topological polar surface area (TPSA) is 0 Å². The van der Waals surface area contributed by atoms with Crippen LogP contribution < -0.4 is 0 Å². The van der Waals surface area contributed by atoms with Gasteiger partial charge in [0.25, 0.3) is 0 Å². The summed E-state index contributed by atoms with van der Waals surface area (Å²) in [6, 6.07) is 15.0. The first-order chi connectivity index (χ1) is 9.52. The third-order valence-electron chi connectivity index (χ3n) is 3.92. The Morgan fingerprint density at radius 1 is 1.05 bits per heavy atom. The smallest absolute Gasteiger partial charge is 0.0838 e. The van der Waals surface area contributed by atoms with Crippen LogP contribution in [0.1, 0.15) is 53.8 Å². The van der Waals surface area contributed by atoms with E-state index in [0.717, 1.165) is 16.5 Å². The van der Waals surface area contributed by atoms with E-state index in [4.69, 9.17) is 11.6 Å². The van der Waals surface area contributed by atoms with Crippen molar-refractivity contribution in [2.75, 3.05) is 0 Å². The van der Waals surface area contributed by atoms with Gasteiger partial charge in [0.15, 0.2) is 0 Å². The average Bonchev–Trinajstić information content (AvgIpc) is 2.46. The Bertz CT molecular complexity index is 574. The lowest BCUT2D eigenvalue weighted by Crippen LogP contribution is -1.98. The Morgan fingerprint density at radius 3 is 2.20 bits per heavy atom. The van der Waals surface area contributed by atoms with Crippen LogP contribution in [0.4, 0.5) is 0 Å². The molecule has 0 heterocycles. The maximum Gasteiger partial charge on any atom is 0.0838 e. The van der Waals surface area contributed by atoms with E-state index in [1.807, 2.05) is 6.07 Å². The van der Waals surface area contributed by atoms with Crippen molar-refractivity contribution in [2.45, 2.75) is 38.5 Å². The summed E-state index contributed by atoms with van der Waals surface area (Å²) in [5, 5.41) is -0.0888. The summed E-state index contributed by atoms with van der Waals surface area (Å²) >= 11 is 10.1. The molecule has 0 nitrogen and oxygen atoms in total. The molecule has 106 valence electrons. The molecule has 0 aliphatic rings. The minimum atomic E-state index is -0.0888. The van der Waals surface area contributed by atoms with Crippen LogP contribution in [-0.2, 0) is 0 Å². The highest BCUT2D eigenvalue weighted by atomic mass is 79.9. The quantitative estimate of drug-likeness (QED) is 0.544. The monoisotopic (exact) mass is 350 g/mol. The van der Waals surface area contributed by atoms with Gasteiger partial charge in [-0.15, -0.1) is 11.6 Å². The van der Waals surface area contributed by atoms with Crippen LogP contribution in [0, 0.1) is 6.92 Å². The maximum atomic E-state index is 6.64. The van der Waals surface area contributed by atoms with Crippen LogP contribution in [0.25, 0.3) is 0 Å². The van der Waals surface area contributed by atoms with Gasteiger partial charge in [-0.25, -0.2) is 0 Å². The summed E-state index contributed by atoms with van der Waals surface area (Å²) < 4.78 is 1.09. The number of halogens is 2. The van der Waals surface area contributed by atoms with Crippen molar-refractivity contribution in [3.05, 3.63) is 69.2 Å². The van der Waals surface area contributed by atoms with Gasteiger partial charge in [-0.1, -0.05) is 60.1 Å². The molecule has 0 saturated heterocycles. The van der Waals surface area contributed by atoms with Crippen molar-refractivity contribution < 1.29 is 0 Å². The molecule has 2 heteroatoms. The van der Waals surface area contributed by atoms with Crippen molar-refractivity contribution >= 4 is 27.5 Å². The molecule has 0 bridgehead atoms. The molecule has 0 N–H and O–H groups in total. The normalized spacial score (nSPS) is 14.1. The third-order valence-corrected chi connectivity index (χ3v) is 4.90. The van der Waals surface area contributed by atoms with E-state index in [1.165, 1.54) is 16.7 Å². The largest absolute Gasteiger partial charge is 0.113 e. The molecule has 2 rings (SSSR count). The molecular formula is C18H20BrCl. The Labute approximate surface area is 135 Å². The fraction of sp³-hybridized carbons (Fsp3) is 0.333. The highest BCUT2D eigenvalue weighted by molar-refractivity contribution is 9.10. The summed E-state index contributed by atoms with van der Waals surface area (Å²) in [7, 11) is 0.